The fraction of sp³-hybridized carbons (Fsp3) is 0.136. The van der Waals surface area contributed by atoms with E-state index in [1.54, 1.807) is 48.5 Å². The van der Waals surface area contributed by atoms with Crippen LogP contribution >= 0.6 is 0 Å². The molecule has 0 radical (unpaired) electrons. The number of benzene rings is 2. The van der Waals surface area contributed by atoms with E-state index in [1.807, 2.05) is 0 Å². The third kappa shape index (κ3) is 5.33. The van der Waals surface area contributed by atoms with Gasteiger partial charge in [-0.05, 0) is 42.5 Å². The van der Waals surface area contributed by atoms with Crippen LogP contribution in [0.5, 0.6) is 11.5 Å². The predicted molar refractivity (Wildman–Crippen MR) is 114 cm³/mol. The average Bonchev–Trinajstić information content (AvgIpc) is 3.25. The first-order chi connectivity index (χ1) is 15.0. The monoisotopic (exact) mass is 440 g/mol. The summed E-state index contributed by atoms with van der Waals surface area (Å²) in [4.78, 5) is 12.3. The van der Waals surface area contributed by atoms with E-state index in [1.165, 1.54) is 24.3 Å². The Morgan fingerprint density at radius 1 is 0.968 bits per heavy atom. The van der Waals surface area contributed by atoms with Crippen LogP contribution in [0.25, 0.3) is 6.08 Å². The Hall–Kier alpha value is -3.56. The van der Waals surface area contributed by atoms with Crippen molar-refractivity contribution in [2.24, 2.45) is 0 Å². The Bertz CT molecular complexity index is 1200. The number of hydrogen-bond donors (Lipinski definition) is 2. The summed E-state index contributed by atoms with van der Waals surface area (Å²) in [5.74, 6) is 1.73. The molecule has 0 aliphatic carbocycles. The summed E-state index contributed by atoms with van der Waals surface area (Å²) in [5, 5.41) is 2.74. The van der Waals surface area contributed by atoms with Crippen LogP contribution in [0.1, 0.15) is 11.5 Å². The number of rotatable bonds is 7. The predicted octanol–water partition coefficient (Wildman–Crippen LogP) is 3.18. The van der Waals surface area contributed by atoms with E-state index in [4.69, 9.17) is 13.9 Å². The highest BCUT2D eigenvalue weighted by atomic mass is 32.2. The minimum absolute atomic E-state index is 0.00550. The van der Waals surface area contributed by atoms with Gasteiger partial charge >= 0.3 is 0 Å². The minimum Gasteiger partial charge on any atom is -0.486 e. The van der Waals surface area contributed by atoms with Gasteiger partial charge in [0.1, 0.15) is 24.7 Å². The Balaban J connectivity index is 1.32. The zero-order valence-corrected chi connectivity index (χ0v) is 17.2. The van der Waals surface area contributed by atoms with Crippen LogP contribution in [-0.2, 0) is 21.4 Å². The molecular weight excluding hydrogens is 420 g/mol. The molecule has 0 spiro atoms. The van der Waals surface area contributed by atoms with E-state index >= 15 is 0 Å². The molecule has 1 aliphatic rings. The van der Waals surface area contributed by atoms with Gasteiger partial charge in [0.05, 0.1) is 11.4 Å². The lowest BCUT2D eigenvalue weighted by Gasteiger charge is -2.18. The minimum atomic E-state index is -3.63. The fourth-order valence-corrected chi connectivity index (χ4v) is 3.91. The largest absolute Gasteiger partial charge is 0.486 e. The van der Waals surface area contributed by atoms with Gasteiger partial charge in [-0.3, -0.25) is 4.79 Å². The van der Waals surface area contributed by atoms with Crippen molar-refractivity contribution < 1.29 is 27.1 Å². The molecule has 0 atom stereocenters. The number of carbonyl (C=O) groups excluding carboxylic acids is 1. The standard InChI is InChI=1S/C22H20N2O6S/c25-22(24-16-6-10-20-21(14-16)29-13-12-28-20)11-9-17-7-8-18(30-17)15-23-31(26,27)19-4-2-1-3-5-19/h1-11,14,23H,12-13,15H2,(H,24,25)/b11-9+. The van der Waals surface area contributed by atoms with Crippen LogP contribution in [0, 0.1) is 0 Å². The van der Waals surface area contributed by atoms with Gasteiger partial charge in [-0.25, -0.2) is 13.1 Å². The lowest BCUT2D eigenvalue weighted by Crippen LogP contribution is -2.22. The van der Waals surface area contributed by atoms with E-state index in [9.17, 15) is 13.2 Å². The zero-order valence-electron chi connectivity index (χ0n) is 16.4. The second-order valence-electron chi connectivity index (χ2n) is 6.62. The Kier molecular flexibility index (Phi) is 6.06. The zero-order chi connectivity index (χ0) is 21.7. The molecule has 0 saturated heterocycles. The first-order valence-electron chi connectivity index (χ1n) is 9.52. The highest BCUT2D eigenvalue weighted by Crippen LogP contribution is 2.32. The first-order valence-corrected chi connectivity index (χ1v) is 11.0. The van der Waals surface area contributed by atoms with Crippen LogP contribution in [0.3, 0.4) is 0 Å². The van der Waals surface area contributed by atoms with Gasteiger partial charge in [0.15, 0.2) is 11.5 Å². The van der Waals surface area contributed by atoms with E-state index < -0.39 is 10.0 Å². The van der Waals surface area contributed by atoms with Crippen molar-refractivity contribution in [3.63, 3.8) is 0 Å². The van der Waals surface area contributed by atoms with E-state index in [-0.39, 0.29) is 17.3 Å². The van der Waals surface area contributed by atoms with Crippen LogP contribution in [-0.4, -0.2) is 27.5 Å². The summed E-state index contributed by atoms with van der Waals surface area (Å²) in [6.07, 6.45) is 2.83. The number of carbonyl (C=O) groups is 1. The molecule has 160 valence electrons. The van der Waals surface area contributed by atoms with Gasteiger partial charge < -0.3 is 19.2 Å². The smallest absolute Gasteiger partial charge is 0.248 e. The Morgan fingerprint density at radius 2 is 1.74 bits per heavy atom. The number of amides is 1. The molecule has 4 rings (SSSR count). The molecule has 8 nitrogen and oxygen atoms in total. The number of nitrogens with one attached hydrogen (secondary N) is 2. The van der Waals surface area contributed by atoms with Gasteiger partial charge in [0, 0.05) is 17.8 Å². The summed E-state index contributed by atoms with van der Waals surface area (Å²) < 4.78 is 43.5. The lowest BCUT2D eigenvalue weighted by atomic mass is 10.2. The maximum atomic E-state index is 12.3. The van der Waals surface area contributed by atoms with Gasteiger partial charge in [-0.2, -0.15) is 0 Å². The van der Waals surface area contributed by atoms with Crippen molar-refractivity contribution in [1.29, 1.82) is 0 Å². The molecule has 0 saturated carbocycles. The molecule has 0 unspecified atom stereocenters. The Morgan fingerprint density at radius 3 is 2.55 bits per heavy atom. The second-order valence-corrected chi connectivity index (χ2v) is 8.39. The molecule has 2 N–H and O–H groups in total. The molecular formula is C22H20N2O6S. The molecule has 1 amide bonds. The fourth-order valence-electron chi connectivity index (χ4n) is 2.89. The summed E-state index contributed by atoms with van der Waals surface area (Å²) in [6, 6.07) is 16.5. The molecule has 2 aromatic carbocycles. The normalized spacial score (nSPS) is 13.3. The average molecular weight is 440 g/mol. The highest BCUT2D eigenvalue weighted by Gasteiger charge is 2.14. The van der Waals surface area contributed by atoms with E-state index in [0.717, 1.165) is 0 Å². The van der Waals surface area contributed by atoms with Crippen molar-refractivity contribution in [3.8, 4) is 11.5 Å². The third-order valence-corrected chi connectivity index (χ3v) is 5.80. The number of ether oxygens (including phenoxy) is 2. The third-order valence-electron chi connectivity index (χ3n) is 4.38. The lowest BCUT2D eigenvalue weighted by molar-refractivity contribution is -0.111. The van der Waals surface area contributed by atoms with Crippen LogP contribution in [0.15, 0.2) is 76.1 Å². The maximum absolute atomic E-state index is 12.3. The topological polar surface area (TPSA) is 107 Å². The molecule has 1 aliphatic heterocycles. The van der Waals surface area contributed by atoms with Gasteiger partial charge in [-0.15, -0.1) is 0 Å². The quantitative estimate of drug-likeness (QED) is 0.547. The summed E-state index contributed by atoms with van der Waals surface area (Å²) in [5.41, 5.74) is 0.578. The van der Waals surface area contributed by atoms with Crippen LogP contribution < -0.4 is 19.5 Å². The van der Waals surface area contributed by atoms with Crippen molar-refractivity contribution >= 4 is 27.7 Å². The first kappa shape index (κ1) is 20.7. The molecule has 3 aromatic rings. The molecule has 2 heterocycles. The van der Waals surface area contributed by atoms with E-state index in [2.05, 4.69) is 10.0 Å². The molecule has 31 heavy (non-hydrogen) atoms. The number of hydrogen-bond acceptors (Lipinski definition) is 6. The van der Waals surface area contributed by atoms with Crippen LogP contribution in [0.4, 0.5) is 5.69 Å². The maximum Gasteiger partial charge on any atom is 0.248 e. The van der Waals surface area contributed by atoms with Gasteiger partial charge in [-0.1, -0.05) is 18.2 Å². The van der Waals surface area contributed by atoms with Crippen molar-refractivity contribution in [1.82, 2.24) is 4.72 Å². The number of sulfonamides is 1. The second kappa shape index (κ2) is 9.07. The van der Waals surface area contributed by atoms with Crippen molar-refractivity contribution in [3.05, 3.63) is 78.3 Å². The van der Waals surface area contributed by atoms with E-state index in [0.29, 0.717) is 41.9 Å². The molecule has 1 aromatic heterocycles. The number of fused-ring (bicyclic) bond motifs is 1. The molecule has 0 bridgehead atoms. The summed E-state index contributed by atoms with van der Waals surface area (Å²) >= 11 is 0. The Labute approximate surface area is 179 Å². The van der Waals surface area contributed by atoms with Crippen LogP contribution in [0.2, 0.25) is 0 Å². The number of furan rings is 1. The van der Waals surface area contributed by atoms with Gasteiger partial charge in [0.25, 0.3) is 0 Å². The highest BCUT2D eigenvalue weighted by molar-refractivity contribution is 7.89. The summed E-state index contributed by atoms with van der Waals surface area (Å²) in [7, 11) is -3.63. The summed E-state index contributed by atoms with van der Waals surface area (Å²) in [6.45, 7) is 0.960. The van der Waals surface area contributed by atoms with Gasteiger partial charge in [0.2, 0.25) is 15.9 Å². The molecule has 9 heteroatoms. The number of anilines is 1. The SMILES string of the molecule is O=C(/C=C/c1ccc(CNS(=O)(=O)c2ccccc2)o1)Nc1ccc2c(c1)OCCO2. The molecule has 0 fully saturated rings. The van der Waals surface area contributed by atoms with Crippen molar-refractivity contribution in [2.75, 3.05) is 18.5 Å². The van der Waals surface area contributed by atoms with Crippen molar-refractivity contribution in [2.45, 2.75) is 11.4 Å².